The number of carbonyl (C=O) groups excluding carboxylic acids is 2. The largest absolute Gasteiger partial charge is 0.465 e. The highest BCUT2D eigenvalue weighted by Crippen LogP contribution is 2.44. The number of aliphatic hydroxyl groups is 1. The number of fused-ring (bicyclic) bond motifs is 1. The second-order valence-corrected chi connectivity index (χ2v) is 10.9. The first-order chi connectivity index (χ1) is 19.0. The molecule has 0 bridgehead atoms. The Bertz CT molecular complexity index is 1290. The molecule has 1 saturated heterocycles. The van der Waals surface area contributed by atoms with Gasteiger partial charge in [-0.2, -0.15) is 4.98 Å². The predicted molar refractivity (Wildman–Crippen MR) is 143 cm³/mol. The number of nitrogen functional groups attached to an aromatic ring is 1. The van der Waals surface area contributed by atoms with E-state index in [1.807, 2.05) is 0 Å². The minimum Gasteiger partial charge on any atom is -0.465 e. The van der Waals surface area contributed by atoms with E-state index in [9.17, 15) is 24.1 Å². The molecule has 3 rings (SSSR count). The Morgan fingerprint density at radius 3 is 2.55 bits per heavy atom. The first-order valence-electron chi connectivity index (χ1n) is 12.4. The van der Waals surface area contributed by atoms with Crippen molar-refractivity contribution in [2.45, 2.75) is 45.6 Å². The van der Waals surface area contributed by atoms with Crippen molar-refractivity contribution in [2.75, 3.05) is 43.5 Å². The van der Waals surface area contributed by atoms with Gasteiger partial charge in [0.2, 0.25) is 5.95 Å². The minimum absolute atomic E-state index is 0.103. The molecule has 0 saturated carbocycles. The van der Waals surface area contributed by atoms with Crippen LogP contribution < -0.4 is 26.4 Å². The Kier molecular flexibility index (Phi) is 10.3. The molecule has 3 heterocycles. The number of aromatic nitrogens is 2. The molecule has 0 amide bonds. The summed E-state index contributed by atoms with van der Waals surface area (Å²) in [5.41, 5.74) is 7.15. The van der Waals surface area contributed by atoms with Gasteiger partial charge in [-0.3, -0.25) is 28.8 Å². The lowest BCUT2D eigenvalue weighted by Crippen LogP contribution is -2.46. The molecule has 16 heteroatoms. The number of terminal acetylenes is 1. The number of ether oxygens (including phenoxy) is 3. The molecule has 15 nitrogen and oxygen atoms in total. The summed E-state index contributed by atoms with van der Waals surface area (Å²) >= 11 is 0. The third-order valence-corrected chi connectivity index (χ3v) is 7.80. The van der Waals surface area contributed by atoms with Gasteiger partial charge >= 0.3 is 19.6 Å². The lowest BCUT2D eigenvalue weighted by atomic mass is 9.82. The van der Waals surface area contributed by atoms with Crippen LogP contribution in [0, 0.1) is 17.8 Å². The zero-order valence-electron chi connectivity index (χ0n) is 22.3. The van der Waals surface area contributed by atoms with Crippen molar-refractivity contribution in [1.29, 1.82) is 0 Å². The van der Waals surface area contributed by atoms with Gasteiger partial charge in [0.15, 0.2) is 6.23 Å². The van der Waals surface area contributed by atoms with E-state index >= 15 is 0 Å². The van der Waals surface area contributed by atoms with Crippen LogP contribution in [-0.2, 0) is 39.3 Å². The normalized spacial score (nSPS) is 23.8. The van der Waals surface area contributed by atoms with E-state index in [1.165, 1.54) is 11.1 Å². The van der Waals surface area contributed by atoms with E-state index in [0.717, 1.165) is 0 Å². The molecule has 0 aromatic carbocycles. The minimum atomic E-state index is -4.09. The van der Waals surface area contributed by atoms with E-state index in [4.69, 9.17) is 30.9 Å². The molecule has 4 atom stereocenters. The van der Waals surface area contributed by atoms with Gasteiger partial charge in [-0.05, 0) is 26.8 Å². The highest BCUT2D eigenvalue weighted by atomic mass is 31.2. The summed E-state index contributed by atoms with van der Waals surface area (Å²) in [6, 6.07) is 0. The Hall–Kier alpha value is -3.47. The smallest absolute Gasteiger partial charge is 0.341 e. The fourth-order valence-corrected chi connectivity index (χ4v) is 5.40. The van der Waals surface area contributed by atoms with Crippen molar-refractivity contribution in [3.05, 3.63) is 33.9 Å². The summed E-state index contributed by atoms with van der Waals surface area (Å²) in [7, 11) is -4.09. The number of rotatable bonds is 12. The van der Waals surface area contributed by atoms with E-state index in [2.05, 4.69) is 31.8 Å². The standard InChI is InChI=1S/C24H33N6O9P/c1-5-24(4)19(33)16(14-38-40(35,26-12-17(31)36-6-2)27-13-18(32)37-7-3)39-22(24)30-11-9-8-10-15-20(30)28-23(25)29-21(15)34/h1,8,11,16,19,22,33H,6-7,10,12-14H2,2-4H3,(H2,26,27,35)(H3,25,28,29,34). The molecule has 1 aromatic rings. The first-order valence-corrected chi connectivity index (χ1v) is 14.1. The Morgan fingerprint density at radius 2 is 1.98 bits per heavy atom. The Labute approximate surface area is 230 Å². The lowest BCUT2D eigenvalue weighted by molar-refractivity contribution is -0.142. The summed E-state index contributed by atoms with van der Waals surface area (Å²) in [5, 5.41) is 16.1. The van der Waals surface area contributed by atoms with Crippen molar-refractivity contribution in [1.82, 2.24) is 20.1 Å². The quantitative estimate of drug-likeness (QED) is 0.0918. The Morgan fingerprint density at radius 1 is 1.35 bits per heavy atom. The van der Waals surface area contributed by atoms with Crippen LogP contribution in [-0.4, -0.2) is 78.4 Å². The Balaban J connectivity index is 1.84. The molecule has 0 spiro atoms. The monoisotopic (exact) mass is 580 g/mol. The highest BCUT2D eigenvalue weighted by molar-refractivity contribution is 7.54. The summed E-state index contributed by atoms with van der Waals surface area (Å²) in [6.45, 7) is 3.52. The molecule has 0 radical (unpaired) electrons. The highest BCUT2D eigenvalue weighted by Gasteiger charge is 2.55. The van der Waals surface area contributed by atoms with Crippen molar-refractivity contribution < 1.29 is 38.0 Å². The van der Waals surface area contributed by atoms with Gasteiger partial charge in [0.25, 0.3) is 5.56 Å². The number of carbonyl (C=O) groups is 2. The molecule has 218 valence electrons. The maximum Gasteiger partial charge on any atom is 0.341 e. The summed E-state index contributed by atoms with van der Waals surface area (Å²) < 4.78 is 34.8. The van der Waals surface area contributed by atoms with Crippen molar-refractivity contribution in [2.24, 2.45) is 5.41 Å². The van der Waals surface area contributed by atoms with Gasteiger partial charge < -0.3 is 29.6 Å². The second-order valence-electron chi connectivity index (χ2n) is 8.89. The molecule has 1 aromatic heterocycles. The number of H-pyrrole nitrogens is 1. The van der Waals surface area contributed by atoms with Gasteiger partial charge in [0.05, 0.1) is 31.6 Å². The average Bonchev–Trinajstić information content (AvgIpc) is 3.04. The van der Waals surface area contributed by atoms with Crippen LogP contribution in [0.15, 0.2) is 22.8 Å². The first kappa shape index (κ1) is 31.1. The van der Waals surface area contributed by atoms with Crippen LogP contribution in [0.25, 0.3) is 0 Å². The number of allylic oxidation sites excluding steroid dienone is 1. The van der Waals surface area contributed by atoms with Crippen molar-refractivity contribution in [3.8, 4) is 12.3 Å². The lowest BCUT2D eigenvalue weighted by Gasteiger charge is -2.34. The van der Waals surface area contributed by atoms with Crippen LogP contribution >= 0.6 is 7.67 Å². The summed E-state index contributed by atoms with van der Waals surface area (Å²) in [6.07, 6.45) is 5.57. The SMILES string of the molecule is C#CC1(C)C(O)C(COP(=O)(NCC(=O)OCC)NCC(=O)OCC)OC1N1C=C=CCc2c1nc(N)[nH]c2=O. The molecular weight excluding hydrogens is 547 g/mol. The fraction of sp³-hybridized carbons (Fsp3) is 0.542. The number of anilines is 2. The average molecular weight is 581 g/mol. The van der Waals surface area contributed by atoms with Crippen LogP contribution in [0.1, 0.15) is 26.3 Å². The van der Waals surface area contributed by atoms with Crippen LogP contribution in [0.3, 0.4) is 0 Å². The van der Waals surface area contributed by atoms with Crippen molar-refractivity contribution in [3.63, 3.8) is 0 Å². The molecular formula is C24H33N6O9P. The van der Waals surface area contributed by atoms with Crippen molar-refractivity contribution >= 4 is 31.4 Å². The van der Waals surface area contributed by atoms with Crippen LogP contribution in [0.5, 0.6) is 0 Å². The van der Waals surface area contributed by atoms with Gasteiger partial charge in [-0.1, -0.05) is 5.92 Å². The van der Waals surface area contributed by atoms with Crippen LogP contribution in [0.4, 0.5) is 11.8 Å². The second kappa shape index (κ2) is 13.3. The number of nitrogens with zero attached hydrogens (tertiary/aromatic N) is 2. The fourth-order valence-electron chi connectivity index (χ4n) is 4.08. The third kappa shape index (κ3) is 6.99. The van der Waals surface area contributed by atoms with Gasteiger partial charge in [-0.25, -0.2) is 10.2 Å². The molecule has 0 aliphatic carbocycles. The molecule has 6 N–H and O–H groups in total. The zero-order valence-corrected chi connectivity index (χ0v) is 23.2. The molecule has 2 aliphatic rings. The van der Waals surface area contributed by atoms with E-state index in [-0.39, 0.29) is 37.0 Å². The topological polar surface area (TPSA) is 207 Å². The van der Waals surface area contributed by atoms with Gasteiger partial charge in [0, 0.05) is 6.42 Å². The van der Waals surface area contributed by atoms with E-state index < -0.39 is 68.7 Å². The number of esters is 2. The molecule has 1 fully saturated rings. The molecule has 4 unspecified atom stereocenters. The van der Waals surface area contributed by atoms with E-state index in [1.54, 1.807) is 26.8 Å². The maximum atomic E-state index is 13.5. The number of nitrogens with one attached hydrogen (secondary N) is 3. The third-order valence-electron chi connectivity index (χ3n) is 6.14. The molecule has 40 heavy (non-hydrogen) atoms. The predicted octanol–water partition coefficient (Wildman–Crippen LogP) is -0.461. The zero-order chi connectivity index (χ0) is 29.5. The summed E-state index contributed by atoms with van der Waals surface area (Å²) in [5.74, 6) is 1.18. The number of hydrogen-bond acceptors (Lipinski definition) is 12. The molecule has 2 aliphatic heterocycles. The number of aromatic amines is 1. The van der Waals surface area contributed by atoms with E-state index in [0.29, 0.717) is 0 Å². The van der Waals surface area contributed by atoms with Gasteiger partial charge in [-0.15, -0.1) is 12.2 Å². The van der Waals surface area contributed by atoms with Crippen LogP contribution in [0.2, 0.25) is 0 Å². The number of hydrogen-bond donors (Lipinski definition) is 5. The summed E-state index contributed by atoms with van der Waals surface area (Å²) in [4.78, 5) is 44.4. The van der Waals surface area contributed by atoms with Gasteiger partial charge in [0.1, 0.15) is 36.5 Å². The maximum absolute atomic E-state index is 13.5. The number of aliphatic hydroxyl groups excluding tert-OH is 1. The number of nitrogens with two attached hydrogens (primary N) is 1.